The zero-order chi connectivity index (χ0) is 12.0. The Hall–Kier alpha value is -1.93. The molecule has 0 aromatic heterocycles. The number of anilines is 1. The Morgan fingerprint density at radius 3 is 2.75 bits per heavy atom. The van der Waals surface area contributed by atoms with E-state index >= 15 is 0 Å². The second kappa shape index (κ2) is 5.83. The van der Waals surface area contributed by atoms with Crippen molar-refractivity contribution >= 4 is 28.8 Å². The summed E-state index contributed by atoms with van der Waals surface area (Å²) in [6.45, 7) is 0. The molecule has 0 fully saturated rings. The van der Waals surface area contributed by atoms with Gasteiger partial charge in [-0.1, -0.05) is 24.4 Å². The molecule has 1 amide bonds. The van der Waals surface area contributed by atoms with Crippen LogP contribution in [0.2, 0.25) is 0 Å². The maximum atomic E-state index is 11.4. The van der Waals surface area contributed by atoms with Crippen LogP contribution in [0.5, 0.6) is 0 Å². The fourth-order valence-electron chi connectivity index (χ4n) is 1.14. The number of nitrogens with two attached hydrogens (primary N) is 1. The molecule has 0 spiro atoms. The van der Waals surface area contributed by atoms with Gasteiger partial charge in [0.25, 0.3) is 0 Å². The van der Waals surface area contributed by atoms with Crippen molar-refractivity contribution in [1.82, 2.24) is 0 Å². The standard InChI is InChI=1S/C11H11N3OS/c12-7-8-3-1-2-4-9(8)14-11(15)6-5-10(13)16/h1-4H,5-6H2,(H2,13,16)(H,14,15). The number of hydrogen-bond donors (Lipinski definition) is 2. The molecule has 0 aliphatic carbocycles. The third kappa shape index (κ3) is 3.67. The molecule has 1 aromatic rings. The minimum Gasteiger partial charge on any atom is -0.393 e. The van der Waals surface area contributed by atoms with E-state index in [1.165, 1.54) is 0 Å². The van der Waals surface area contributed by atoms with E-state index in [4.69, 9.17) is 11.0 Å². The van der Waals surface area contributed by atoms with Crippen LogP contribution in [0.4, 0.5) is 5.69 Å². The first-order valence-electron chi connectivity index (χ1n) is 4.70. The van der Waals surface area contributed by atoms with Crippen molar-refractivity contribution in [2.75, 3.05) is 5.32 Å². The monoisotopic (exact) mass is 233 g/mol. The van der Waals surface area contributed by atoms with E-state index in [0.29, 0.717) is 22.7 Å². The maximum absolute atomic E-state index is 11.4. The Morgan fingerprint density at radius 2 is 2.12 bits per heavy atom. The summed E-state index contributed by atoms with van der Waals surface area (Å²) in [6, 6.07) is 8.81. The molecule has 1 rings (SSSR count). The lowest BCUT2D eigenvalue weighted by Crippen LogP contribution is -2.16. The predicted molar refractivity (Wildman–Crippen MR) is 65.8 cm³/mol. The highest BCUT2D eigenvalue weighted by molar-refractivity contribution is 7.80. The van der Waals surface area contributed by atoms with Gasteiger partial charge in [0, 0.05) is 12.8 Å². The van der Waals surface area contributed by atoms with E-state index < -0.39 is 0 Å². The van der Waals surface area contributed by atoms with E-state index in [1.807, 2.05) is 6.07 Å². The van der Waals surface area contributed by atoms with Gasteiger partial charge in [-0.05, 0) is 12.1 Å². The predicted octanol–water partition coefficient (Wildman–Crippen LogP) is 1.56. The van der Waals surface area contributed by atoms with Crippen LogP contribution in [0.3, 0.4) is 0 Å². The van der Waals surface area contributed by atoms with Crippen molar-refractivity contribution in [2.24, 2.45) is 5.73 Å². The van der Waals surface area contributed by atoms with Crippen molar-refractivity contribution in [3.63, 3.8) is 0 Å². The highest BCUT2D eigenvalue weighted by Gasteiger charge is 2.06. The molecule has 0 radical (unpaired) electrons. The molecule has 0 saturated carbocycles. The van der Waals surface area contributed by atoms with Gasteiger partial charge in [0.2, 0.25) is 5.91 Å². The Kier molecular flexibility index (Phi) is 4.42. The highest BCUT2D eigenvalue weighted by atomic mass is 32.1. The maximum Gasteiger partial charge on any atom is 0.224 e. The number of hydrogen-bond acceptors (Lipinski definition) is 3. The molecule has 16 heavy (non-hydrogen) atoms. The van der Waals surface area contributed by atoms with Crippen LogP contribution >= 0.6 is 12.2 Å². The third-order valence-corrected chi connectivity index (χ3v) is 2.12. The fraction of sp³-hybridized carbons (Fsp3) is 0.182. The molecule has 5 heteroatoms. The molecule has 0 unspecified atom stereocenters. The zero-order valence-corrected chi connectivity index (χ0v) is 9.38. The van der Waals surface area contributed by atoms with Crippen molar-refractivity contribution in [3.8, 4) is 6.07 Å². The number of carbonyl (C=O) groups is 1. The first-order valence-corrected chi connectivity index (χ1v) is 5.11. The third-order valence-electron chi connectivity index (χ3n) is 1.92. The van der Waals surface area contributed by atoms with Crippen LogP contribution in [-0.4, -0.2) is 10.9 Å². The molecular formula is C11H11N3OS. The van der Waals surface area contributed by atoms with Gasteiger partial charge < -0.3 is 11.1 Å². The number of thiocarbonyl (C=S) groups is 1. The Labute approximate surface area is 99.1 Å². The second-order valence-corrected chi connectivity index (χ2v) is 3.70. The average molecular weight is 233 g/mol. The van der Waals surface area contributed by atoms with E-state index in [0.717, 1.165) is 0 Å². The number of carbonyl (C=O) groups excluding carboxylic acids is 1. The van der Waals surface area contributed by atoms with Gasteiger partial charge in [-0.15, -0.1) is 0 Å². The van der Waals surface area contributed by atoms with E-state index in [1.54, 1.807) is 24.3 Å². The van der Waals surface area contributed by atoms with Crippen LogP contribution in [0.25, 0.3) is 0 Å². The summed E-state index contributed by atoms with van der Waals surface area (Å²) in [7, 11) is 0. The molecule has 0 atom stereocenters. The van der Waals surface area contributed by atoms with Crippen LogP contribution < -0.4 is 11.1 Å². The smallest absolute Gasteiger partial charge is 0.224 e. The lowest BCUT2D eigenvalue weighted by Gasteiger charge is -2.05. The largest absolute Gasteiger partial charge is 0.393 e. The van der Waals surface area contributed by atoms with Gasteiger partial charge in [0.1, 0.15) is 6.07 Å². The van der Waals surface area contributed by atoms with Crippen molar-refractivity contribution in [1.29, 1.82) is 5.26 Å². The number of nitriles is 1. The van der Waals surface area contributed by atoms with Crippen LogP contribution in [0, 0.1) is 11.3 Å². The number of nitrogens with zero attached hydrogens (tertiary/aromatic N) is 1. The second-order valence-electron chi connectivity index (χ2n) is 3.17. The minimum atomic E-state index is -0.199. The summed E-state index contributed by atoms with van der Waals surface area (Å²) >= 11 is 4.67. The number of amides is 1. The molecule has 0 aliphatic rings. The minimum absolute atomic E-state index is 0.199. The number of nitrogens with one attached hydrogen (secondary N) is 1. The van der Waals surface area contributed by atoms with E-state index in [9.17, 15) is 4.79 Å². The molecule has 0 bridgehead atoms. The van der Waals surface area contributed by atoms with E-state index in [2.05, 4.69) is 17.5 Å². The Bertz CT molecular complexity index is 451. The molecular weight excluding hydrogens is 222 g/mol. The summed E-state index contributed by atoms with van der Waals surface area (Å²) in [4.78, 5) is 11.8. The van der Waals surface area contributed by atoms with Crippen molar-refractivity contribution in [2.45, 2.75) is 12.8 Å². The summed E-state index contributed by atoms with van der Waals surface area (Å²) in [5.41, 5.74) is 6.24. The fourth-order valence-corrected chi connectivity index (χ4v) is 1.24. The van der Waals surface area contributed by atoms with Gasteiger partial charge >= 0.3 is 0 Å². The summed E-state index contributed by atoms with van der Waals surface area (Å²) < 4.78 is 0. The topological polar surface area (TPSA) is 78.9 Å². The Balaban J connectivity index is 2.63. The van der Waals surface area contributed by atoms with Gasteiger partial charge in [0.15, 0.2) is 0 Å². The van der Waals surface area contributed by atoms with E-state index in [-0.39, 0.29) is 12.3 Å². The average Bonchev–Trinajstić information content (AvgIpc) is 2.27. The summed E-state index contributed by atoms with van der Waals surface area (Å²) in [5, 5.41) is 11.4. The molecule has 3 N–H and O–H groups in total. The normalized spacial score (nSPS) is 9.19. The Morgan fingerprint density at radius 1 is 1.44 bits per heavy atom. The number of rotatable bonds is 4. The highest BCUT2D eigenvalue weighted by Crippen LogP contribution is 2.13. The van der Waals surface area contributed by atoms with Crippen molar-refractivity contribution in [3.05, 3.63) is 29.8 Å². The number of benzene rings is 1. The first kappa shape index (κ1) is 12.1. The molecule has 0 aliphatic heterocycles. The van der Waals surface area contributed by atoms with Gasteiger partial charge in [-0.2, -0.15) is 5.26 Å². The molecule has 82 valence electrons. The first-order chi connectivity index (χ1) is 7.63. The van der Waals surface area contributed by atoms with Gasteiger partial charge in [-0.3, -0.25) is 4.79 Å². The lowest BCUT2D eigenvalue weighted by atomic mass is 10.2. The molecule has 0 heterocycles. The van der Waals surface area contributed by atoms with Gasteiger partial charge in [0.05, 0.1) is 16.2 Å². The summed E-state index contributed by atoms with van der Waals surface area (Å²) in [5.74, 6) is -0.199. The quantitative estimate of drug-likeness (QED) is 0.773. The van der Waals surface area contributed by atoms with Crippen LogP contribution in [0.15, 0.2) is 24.3 Å². The van der Waals surface area contributed by atoms with Crippen molar-refractivity contribution < 1.29 is 4.79 Å². The molecule has 0 saturated heterocycles. The zero-order valence-electron chi connectivity index (χ0n) is 8.56. The molecule has 1 aromatic carbocycles. The SMILES string of the molecule is N#Cc1ccccc1NC(=O)CCC(N)=S. The summed E-state index contributed by atoms with van der Waals surface area (Å²) in [6.07, 6.45) is 0.602. The number of para-hydroxylation sites is 1. The van der Waals surface area contributed by atoms with Crippen LogP contribution in [0.1, 0.15) is 18.4 Å². The van der Waals surface area contributed by atoms with Gasteiger partial charge in [-0.25, -0.2) is 0 Å². The molecule has 4 nitrogen and oxygen atoms in total. The lowest BCUT2D eigenvalue weighted by molar-refractivity contribution is -0.116. The van der Waals surface area contributed by atoms with Crippen LogP contribution in [-0.2, 0) is 4.79 Å².